The zero-order chi connectivity index (χ0) is 13.6. The molecule has 0 saturated heterocycles. The van der Waals surface area contributed by atoms with Crippen LogP contribution in [0.25, 0.3) is 10.9 Å². The van der Waals surface area contributed by atoms with Gasteiger partial charge >= 0.3 is 5.97 Å². The van der Waals surface area contributed by atoms with Crippen LogP contribution in [-0.4, -0.2) is 29.7 Å². The molecule has 0 aliphatic carbocycles. The Morgan fingerprint density at radius 1 is 1.47 bits per heavy atom. The molecule has 0 amide bonds. The van der Waals surface area contributed by atoms with Gasteiger partial charge in [-0.3, -0.25) is 10.1 Å². The molecule has 1 aromatic heterocycles. The van der Waals surface area contributed by atoms with Gasteiger partial charge in [-0.1, -0.05) is 0 Å². The molecule has 0 saturated carbocycles. The fourth-order valence-electron chi connectivity index (χ4n) is 2.92. The van der Waals surface area contributed by atoms with Crippen LogP contribution in [0, 0.1) is 6.92 Å². The number of aromatic nitrogens is 1. The average molecular weight is 260 g/mol. The number of nitrogens with one attached hydrogen (secondary N) is 2. The van der Waals surface area contributed by atoms with E-state index >= 15 is 0 Å². The number of fused-ring (bicyclic) bond motifs is 3. The fraction of sp³-hybridized carbons (Fsp3) is 0.357. The van der Waals surface area contributed by atoms with E-state index in [1.807, 2.05) is 19.1 Å². The van der Waals surface area contributed by atoms with Crippen LogP contribution in [0.2, 0.25) is 0 Å². The van der Waals surface area contributed by atoms with Gasteiger partial charge < -0.3 is 14.8 Å². The van der Waals surface area contributed by atoms with Gasteiger partial charge in [0.05, 0.1) is 7.11 Å². The number of aromatic amines is 1. The second kappa shape index (κ2) is 4.28. The second-order valence-electron chi connectivity index (χ2n) is 4.81. The molecule has 100 valence electrons. The molecule has 1 unspecified atom stereocenters. The number of carboxylic acids is 1. The van der Waals surface area contributed by atoms with Crippen molar-refractivity contribution in [2.24, 2.45) is 0 Å². The van der Waals surface area contributed by atoms with Crippen molar-refractivity contribution in [3.63, 3.8) is 0 Å². The van der Waals surface area contributed by atoms with Gasteiger partial charge in [0, 0.05) is 28.7 Å². The molecule has 1 atom stereocenters. The lowest BCUT2D eigenvalue weighted by molar-refractivity contribution is -0.139. The van der Waals surface area contributed by atoms with Crippen LogP contribution in [0.5, 0.6) is 5.75 Å². The summed E-state index contributed by atoms with van der Waals surface area (Å²) in [5, 5.41) is 13.4. The van der Waals surface area contributed by atoms with Crippen molar-refractivity contribution in [3.05, 3.63) is 29.0 Å². The number of carboxylic acid groups (broad SMARTS) is 1. The standard InChI is InChI=1S/C14H16N2O3/c1-7-10(19-2)4-3-9-11(7)8-5-6-15-13(14(17)18)12(8)16-9/h3-4,13,15-16H,5-6H2,1-2H3,(H,17,18). The maximum absolute atomic E-state index is 11.3. The summed E-state index contributed by atoms with van der Waals surface area (Å²) in [7, 11) is 1.65. The molecule has 1 aromatic carbocycles. The molecule has 3 N–H and O–H groups in total. The van der Waals surface area contributed by atoms with Gasteiger partial charge in [0.1, 0.15) is 11.8 Å². The quantitative estimate of drug-likeness (QED) is 0.769. The topological polar surface area (TPSA) is 74.3 Å². The first-order valence-electron chi connectivity index (χ1n) is 6.27. The summed E-state index contributed by atoms with van der Waals surface area (Å²) in [5.41, 5.74) is 3.89. The van der Waals surface area contributed by atoms with Crippen molar-refractivity contribution in [2.75, 3.05) is 13.7 Å². The monoisotopic (exact) mass is 260 g/mol. The first-order chi connectivity index (χ1) is 9.13. The van der Waals surface area contributed by atoms with Crippen molar-refractivity contribution in [1.82, 2.24) is 10.3 Å². The predicted molar refractivity (Wildman–Crippen MR) is 71.7 cm³/mol. The Kier molecular flexibility index (Phi) is 2.71. The van der Waals surface area contributed by atoms with E-state index in [0.717, 1.165) is 39.9 Å². The summed E-state index contributed by atoms with van der Waals surface area (Å²) < 4.78 is 5.34. The number of methoxy groups -OCH3 is 1. The molecule has 0 bridgehead atoms. The lowest BCUT2D eigenvalue weighted by Crippen LogP contribution is -2.34. The highest BCUT2D eigenvalue weighted by Crippen LogP contribution is 2.35. The minimum atomic E-state index is -0.850. The fourth-order valence-corrected chi connectivity index (χ4v) is 2.92. The van der Waals surface area contributed by atoms with Crippen LogP contribution in [0.4, 0.5) is 0 Å². The summed E-state index contributed by atoms with van der Waals surface area (Å²) in [4.78, 5) is 14.5. The first kappa shape index (κ1) is 12.0. The minimum absolute atomic E-state index is 0.651. The minimum Gasteiger partial charge on any atom is -0.496 e. The van der Waals surface area contributed by atoms with Gasteiger partial charge in [-0.05, 0) is 31.0 Å². The van der Waals surface area contributed by atoms with Gasteiger partial charge in [-0.25, -0.2) is 0 Å². The molecule has 1 aliphatic rings. The van der Waals surface area contributed by atoms with Gasteiger partial charge in [0.15, 0.2) is 0 Å². The summed E-state index contributed by atoms with van der Waals surface area (Å²) in [5.74, 6) is -0.0168. The number of carbonyl (C=O) groups is 1. The first-order valence-corrected chi connectivity index (χ1v) is 6.27. The number of hydrogen-bond donors (Lipinski definition) is 3. The molecule has 2 aromatic rings. The van der Waals surface area contributed by atoms with E-state index in [4.69, 9.17) is 4.74 Å². The third-order valence-corrected chi connectivity index (χ3v) is 3.79. The predicted octanol–water partition coefficient (Wildman–Crippen LogP) is 1.76. The molecule has 19 heavy (non-hydrogen) atoms. The molecule has 5 heteroatoms. The Morgan fingerprint density at radius 2 is 2.26 bits per heavy atom. The maximum Gasteiger partial charge on any atom is 0.326 e. The number of aliphatic carboxylic acids is 1. The van der Waals surface area contributed by atoms with Crippen molar-refractivity contribution in [1.29, 1.82) is 0 Å². The number of rotatable bonds is 2. The van der Waals surface area contributed by atoms with Gasteiger partial charge in [-0.15, -0.1) is 0 Å². The number of aryl methyl sites for hydroxylation is 1. The largest absolute Gasteiger partial charge is 0.496 e. The lowest BCUT2D eigenvalue weighted by atomic mass is 9.97. The molecule has 0 radical (unpaired) electrons. The van der Waals surface area contributed by atoms with E-state index in [9.17, 15) is 9.90 Å². The molecule has 1 aliphatic heterocycles. The van der Waals surface area contributed by atoms with E-state index in [0.29, 0.717) is 6.54 Å². The van der Waals surface area contributed by atoms with Crippen LogP contribution in [0.3, 0.4) is 0 Å². The van der Waals surface area contributed by atoms with Crippen LogP contribution in [0.15, 0.2) is 12.1 Å². The van der Waals surface area contributed by atoms with Crippen LogP contribution < -0.4 is 10.1 Å². The van der Waals surface area contributed by atoms with Crippen molar-refractivity contribution >= 4 is 16.9 Å². The normalized spacial score (nSPS) is 18.3. The third kappa shape index (κ3) is 1.69. The average Bonchev–Trinajstić information content (AvgIpc) is 2.77. The zero-order valence-electron chi connectivity index (χ0n) is 10.9. The molecule has 0 fully saturated rings. The van der Waals surface area contributed by atoms with Gasteiger partial charge in [-0.2, -0.15) is 0 Å². The Balaban J connectivity index is 2.28. The van der Waals surface area contributed by atoms with Crippen molar-refractivity contribution in [3.8, 4) is 5.75 Å². The van der Waals surface area contributed by atoms with Gasteiger partial charge in [0.2, 0.25) is 0 Å². The maximum atomic E-state index is 11.3. The van der Waals surface area contributed by atoms with Crippen LogP contribution >= 0.6 is 0 Å². The highest BCUT2D eigenvalue weighted by molar-refractivity contribution is 5.92. The molecular formula is C14H16N2O3. The molecule has 2 heterocycles. The van der Waals surface area contributed by atoms with Crippen molar-refractivity contribution in [2.45, 2.75) is 19.4 Å². The summed E-state index contributed by atoms with van der Waals surface area (Å²) in [6.07, 6.45) is 0.827. The number of hydrogen-bond acceptors (Lipinski definition) is 3. The molecule has 5 nitrogen and oxygen atoms in total. The number of H-pyrrole nitrogens is 1. The SMILES string of the molecule is COc1ccc2[nH]c3c(c2c1C)CCNC3C(=O)O. The number of benzene rings is 1. The Hall–Kier alpha value is -2.01. The molecule has 0 spiro atoms. The number of ether oxygens (including phenoxy) is 1. The van der Waals surface area contributed by atoms with E-state index in [1.54, 1.807) is 7.11 Å². The lowest BCUT2D eigenvalue weighted by Gasteiger charge is -2.20. The second-order valence-corrected chi connectivity index (χ2v) is 4.81. The summed E-state index contributed by atoms with van der Waals surface area (Å²) in [6, 6.07) is 3.20. The third-order valence-electron chi connectivity index (χ3n) is 3.79. The molecule has 3 rings (SSSR count). The van der Waals surface area contributed by atoms with E-state index in [1.165, 1.54) is 0 Å². The van der Waals surface area contributed by atoms with Crippen molar-refractivity contribution < 1.29 is 14.6 Å². The summed E-state index contributed by atoms with van der Waals surface area (Å²) >= 11 is 0. The zero-order valence-corrected chi connectivity index (χ0v) is 10.9. The van der Waals surface area contributed by atoms with E-state index in [2.05, 4.69) is 10.3 Å². The highest BCUT2D eigenvalue weighted by Gasteiger charge is 2.29. The van der Waals surface area contributed by atoms with E-state index in [-0.39, 0.29) is 0 Å². The summed E-state index contributed by atoms with van der Waals surface area (Å²) in [6.45, 7) is 2.68. The van der Waals surface area contributed by atoms with E-state index < -0.39 is 12.0 Å². The highest BCUT2D eigenvalue weighted by atomic mass is 16.5. The Bertz CT molecular complexity index is 660. The van der Waals surface area contributed by atoms with Crippen LogP contribution in [0.1, 0.15) is 22.9 Å². The Morgan fingerprint density at radius 3 is 2.95 bits per heavy atom. The smallest absolute Gasteiger partial charge is 0.326 e. The van der Waals surface area contributed by atoms with Gasteiger partial charge in [0.25, 0.3) is 0 Å². The van der Waals surface area contributed by atoms with Crippen LogP contribution in [-0.2, 0) is 11.2 Å². The molecular weight excluding hydrogens is 244 g/mol. The Labute approximate surface area is 110 Å².